The molecule has 6 heteroatoms. The van der Waals surface area contributed by atoms with Crippen molar-refractivity contribution in [3.8, 4) is 11.3 Å². The van der Waals surface area contributed by atoms with E-state index in [2.05, 4.69) is 4.98 Å². The van der Waals surface area contributed by atoms with Gasteiger partial charge in [0.25, 0.3) is 5.91 Å². The van der Waals surface area contributed by atoms with Gasteiger partial charge in [0.15, 0.2) is 4.96 Å². The van der Waals surface area contributed by atoms with Crippen LogP contribution < -0.4 is 0 Å². The molecule has 0 aliphatic carbocycles. The van der Waals surface area contributed by atoms with Crippen molar-refractivity contribution in [3.05, 3.63) is 82.7 Å². The molecule has 0 saturated carbocycles. The molecule has 0 aliphatic rings. The molecule has 2 aromatic carbocycles. The van der Waals surface area contributed by atoms with Crippen molar-refractivity contribution in [2.24, 2.45) is 0 Å². The SMILES string of the molecule is Cc1ccc(CN(C)C(=O)c2csc3nc(-c4cccc(F)c4)cn23)cc1. The molecule has 0 spiro atoms. The van der Waals surface area contributed by atoms with Crippen molar-refractivity contribution >= 4 is 22.2 Å². The van der Waals surface area contributed by atoms with Crippen molar-refractivity contribution in [3.63, 3.8) is 0 Å². The normalized spacial score (nSPS) is 11.1. The van der Waals surface area contributed by atoms with Gasteiger partial charge >= 0.3 is 0 Å². The number of benzene rings is 2. The van der Waals surface area contributed by atoms with E-state index in [9.17, 15) is 9.18 Å². The first-order chi connectivity index (χ1) is 13.0. The van der Waals surface area contributed by atoms with E-state index in [1.54, 1.807) is 34.7 Å². The van der Waals surface area contributed by atoms with Crippen molar-refractivity contribution in [1.82, 2.24) is 14.3 Å². The lowest BCUT2D eigenvalue weighted by Crippen LogP contribution is -2.27. The summed E-state index contributed by atoms with van der Waals surface area (Å²) in [6.45, 7) is 2.57. The average molecular weight is 379 g/mol. The van der Waals surface area contributed by atoms with Crippen LogP contribution in [0, 0.1) is 12.7 Å². The molecular weight excluding hydrogens is 361 g/mol. The van der Waals surface area contributed by atoms with Gasteiger partial charge in [-0.3, -0.25) is 9.20 Å². The Kier molecular flexibility index (Phi) is 4.49. The minimum absolute atomic E-state index is 0.0787. The highest BCUT2D eigenvalue weighted by Gasteiger charge is 2.19. The van der Waals surface area contributed by atoms with E-state index in [1.807, 2.05) is 36.6 Å². The Hall–Kier alpha value is -2.99. The van der Waals surface area contributed by atoms with Gasteiger partial charge in [-0.15, -0.1) is 11.3 Å². The van der Waals surface area contributed by atoms with Crippen LogP contribution in [0.5, 0.6) is 0 Å². The van der Waals surface area contributed by atoms with Gasteiger partial charge in [-0.05, 0) is 24.6 Å². The third-order valence-electron chi connectivity index (χ3n) is 4.44. The number of rotatable bonds is 4. The molecular formula is C21H18FN3OS. The molecule has 27 heavy (non-hydrogen) atoms. The molecule has 0 unspecified atom stereocenters. The van der Waals surface area contributed by atoms with Crippen LogP contribution in [0.25, 0.3) is 16.2 Å². The number of imidazole rings is 1. The molecule has 0 aliphatic heterocycles. The lowest BCUT2D eigenvalue weighted by molar-refractivity contribution is 0.0778. The number of halogens is 1. The number of carbonyl (C=O) groups excluding carboxylic acids is 1. The lowest BCUT2D eigenvalue weighted by atomic mass is 10.1. The topological polar surface area (TPSA) is 37.6 Å². The molecule has 4 aromatic rings. The maximum absolute atomic E-state index is 13.5. The Bertz CT molecular complexity index is 1110. The second-order valence-corrected chi connectivity index (χ2v) is 7.39. The van der Waals surface area contributed by atoms with E-state index in [-0.39, 0.29) is 11.7 Å². The third-order valence-corrected chi connectivity index (χ3v) is 5.28. The highest BCUT2D eigenvalue weighted by atomic mass is 32.1. The number of aryl methyl sites for hydroxylation is 1. The van der Waals surface area contributed by atoms with Gasteiger partial charge in [-0.2, -0.15) is 0 Å². The second-order valence-electron chi connectivity index (χ2n) is 6.56. The standard InChI is InChI=1S/C21H18FN3OS/c1-14-6-8-15(9-7-14)11-24(2)20(26)19-13-27-21-23-18(12-25(19)21)16-4-3-5-17(22)10-16/h3-10,12-13H,11H2,1-2H3. The van der Waals surface area contributed by atoms with Crippen molar-refractivity contribution < 1.29 is 9.18 Å². The van der Waals surface area contributed by atoms with E-state index < -0.39 is 0 Å². The van der Waals surface area contributed by atoms with Crippen LogP contribution in [0.4, 0.5) is 4.39 Å². The number of nitrogens with zero attached hydrogens (tertiary/aromatic N) is 3. The largest absolute Gasteiger partial charge is 0.336 e. The molecule has 0 N–H and O–H groups in total. The van der Waals surface area contributed by atoms with Gasteiger partial charge in [0.1, 0.15) is 11.5 Å². The van der Waals surface area contributed by atoms with Crippen LogP contribution >= 0.6 is 11.3 Å². The fourth-order valence-corrected chi connectivity index (χ4v) is 3.81. The molecule has 4 nitrogen and oxygen atoms in total. The molecule has 0 bridgehead atoms. The van der Waals surface area contributed by atoms with Crippen LogP contribution in [-0.2, 0) is 6.54 Å². The summed E-state index contributed by atoms with van der Waals surface area (Å²) in [6, 6.07) is 14.4. The number of fused-ring (bicyclic) bond motifs is 1. The summed E-state index contributed by atoms with van der Waals surface area (Å²) in [4.78, 5) is 19.8. The first-order valence-corrected chi connectivity index (χ1v) is 9.43. The van der Waals surface area contributed by atoms with E-state index in [1.165, 1.54) is 29.0 Å². The molecule has 2 heterocycles. The van der Waals surface area contributed by atoms with Crippen LogP contribution in [0.15, 0.2) is 60.1 Å². The van der Waals surface area contributed by atoms with Gasteiger partial charge in [-0.25, -0.2) is 9.37 Å². The summed E-state index contributed by atoms with van der Waals surface area (Å²) in [7, 11) is 1.79. The number of hydrogen-bond donors (Lipinski definition) is 0. The summed E-state index contributed by atoms with van der Waals surface area (Å²) in [6.07, 6.45) is 1.79. The average Bonchev–Trinajstić information content (AvgIpc) is 3.23. The van der Waals surface area contributed by atoms with Gasteiger partial charge in [0, 0.05) is 30.7 Å². The van der Waals surface area contributed by atoms with Crippen molar-refractivity contribution in [2.75, 3.05) is 7.05 Å². The molecule has 0 atom stereocenters. The van der Waals surface area contributed by atoms with Gasteiger partial charge in [0.2, 0.25) is 0 Å². The molecule has 1 amide bonds. The van der Waals surface area contributed by atoms with E-state index >= 15 is 0 Å². The number of thiazole rings is 1. The minimum Gasteiger partial charge on any atom is -0.336 e. The van der Waals surface area contributed by atoms with Crippen molar-refractivity contribution in [1.29, 1.82) is 0 Å². The Morgan fingerprint density at radius 2 is 2.00 bits per heavy atom. The minimum atomic E-state index is -0.307. The third kappa shape index (κ3) is 3.48. The second kappa shape index (κ2) is 6.96. The Labute approximate surface area is 160 Å². The summed E-state index contributed by atoms with van der Waals surface area (Å²) in [5.74, 6) is -0.386. The molecule has 2 aromatic heterocycles. The first kappa shape index (κ1) is 17.4. The number of aromatic nitrogens is 2. The summed E-state index contributed by atoms with van der Waals surface area (Å²) < 4.78 is 15.3. The molecule has 0 fully saturated rings. The fraction of sp³-hybridized carbons (Fsp3) is 0.143. The quantitative estimate of drug-likeness (QED) is 0.512. The number of hydrogen-bond acceptors (Lipinski definition) is 3. The Balaban J connectivity index is 1.61. The zero-order chi connectivity index (χ0) is 19.0. The fourth-order valence-electron chi connectivity index (χ4n) is 2.96. The molecule has 4 rings (SSSR count). The van der Waals surface area contributed by atoms with Gasteiger partial charge in [0.05, 0.1) is 5.69 Å². The van der Waals surface area contributed by atoms with Crippen molar-refractivity contribution in [2.45, 2.75) is 13.5 Å². The predicted octanol–water partition coefficient (Wildman–Crippen LogP) is 4.78. The molecule has 136 valence electrons. The van der Waals surface area contributed by atoms with Gasteiger partial charge < -0.3 is 4.90 Å². The maximum atomic E-state index is 13.5. The Morgan fingerprint density at radius 1 is 1.22 bits per heavy atom. The van der Waals surface area contributed by atoms with Crippen LogP contribution in [0.2, 0.25) is 0 Å². The summed E-state index contributed by atoms with van der Waals surface area (Å²) >= 11 is 1.40. The van der Waals surface area contributed by atoms with E-state index in [0.717, 1.165) is 5.56 Å². The first-order valence-electron chi connectivity index (χ1n) is 8.55. The zero-order valence-electron chi connectivity index (χ0n) is 15.0. The van der Waals surface area contributed by atoms with Crippen LogP contribution in [-0.4, -0.2) is 27.2 Å². The zero-order valence-corrected chi connectivity index (χ0v) is 15.8. The van der Waals surface area contributed by atoms with Crippen LogP contribution in [0.3, 0.4) is 0 Å². The Morgan fingerprint density at radius 3 is 2.74 bits per heavy atom. The van der Waals surface area contributed by atoms with E-state index in [0.29, 0.717) is 28.5 Å². The maximum Gasteiger partial charge on any atom is 0.271 e. The molecule has 0 saturated heterocycles. The smallest absolute Gasteiger partial charge is 0.271 e. The lowest BCUT2D eigenvalue weighted by Gasteiger charge is -2.17. The summed E-state index contributed by atoms with van der Waals surface area (Å²) in [5.41, 5.74) is 4.17. The van der Waals surface area contributed by atoms with Crippen LogP contribution in [0.1, 0.15) is 21.6 Å². The predicted molar refractivity (Wildman–Crippen MR) is 105 cm³/mol. The summed E-state index contributed by atoms with van der Waals surface area (Å²) in [5, 5.41) is 1.81. The van der Waals surface area contributed by atoms with E-state index in [4.69, 9.17) is 0 Å². The number of amides is 1. The highest BCUT2D eigenvalue weighted by Crippen LogP contribution is 2.25. The molecule has 0 radical (unpaired) electrons. The number of carbonyl (C=O) groups is 1. The monoisotopic (exact) mass is 379 g/mol. The highest BCUT2D eigenvalue weighted by molar-refractivity contribution is 7.15. The van der Waals surface area contributed by atoms with Gasteiger partial charge in [-0.1, -0.05) is 42.0 Å².